The largest absolute Gasteiger partial charge is 0.272 e. The topological polar surface area (TPSA) is 53.6 Å². The third kappa shape index (κ3) is 3.65. The maximum Gasteiger partial charge on any atom is 0.154 e. The van der Waals surface area contributed by atoms with Crippen LogP contribution in [0.1, 0.15) is 32.6 Å². The van der Waals surface area contributed by atoms with Crippen LogP contribution in [0, 0.1) is 0 Å². The number of hydrogen-bond donors (Lipinski definition) is 2. The zero-order chi connectivity index (χ0) is 9.68. The molecule has 0 saturated heterocycles. The van der Waals surface area contributed by atoms with Gasteiger partial charge in [0, 0.05) is 5.70 Å². The van der Waals surface area contributed by atoms with Crippen LogP contribution in [0.15, 0.2) is 16.9 Å². The Morgan fingerprint density at radius 3 is 3.00 bits per heavy atom. The maximum absolute atomic E-state index is 5.73. The summed E-state index contributed by atoms with van der Waals surface area (Å²) < 4.78 is 0. The summed E-state index contributed by atoms with van der Waals surface area (Å²) in [5, 5.41) is 5.33. The lowest BCUT2D eigenvalue weighted by Crippen LogP contribution is -2.41. The number of unbranched alkanes of at least 4 members (excludes halogenated alkanes) is 2. The molecule has 0 radical (unpaired) electrons. The van der Waals surface area contributed by atoms with Gasteiger partial charge in [-0.1, -0.05) is 31.4 Å². The number of hydrazine groups is 2. The molecule has 0 aromatic carbocycles. The normalized spacial score (nSPS) is 16.4. The van der Waals surface area contributed by atoms with Gasteiger partial charge in [-0.3, -0.25) is 5.43 Å². The van der Waals surface area contributed by atoms with E-state index >= 15 is 0 Å². The van der Waals surface area contributed by atoms with E-state index < -0.39 is 0 Å². The lowest BCUT2D eigenvalue weighted by Gasteiger charge is -2.21. The van der Waals surface area contributed by atoms with Crippen LogP contribution in [0.5, 0.6) is 0 Å². The zero-order valence-corrected chi connectivity index (χ0v) is 8.51. The van der Waals surface area contributed by atoms with Gasteiger partial charge in [0.25, 0.3) is 0 Å². The molecule has 0 aliphatic carbocycles. The van der Waals surface area contributed by atoms with Crippen molar-refractivity contribution in [1.82, 2.24) is 10.7 Å². The first-order valence-electron chi connectivity index (χ1n) is 4.48. The Kier molecular flexibility index (Phi) is 4.05. The molecule has 0 saturated carbocycles. The van der Waals surface area contributed by atoms with Gasteiger partial charge in [0.15, 0.2) is 5.17 Å². The molecule has 3 N–H and O–H groups in total. The van der Waals surface area contributed by atoms with Gasteiger partial charge in [0.05, 0.1) is 0 Å². The van der Waals surface area contributed by atoms with Gasteiger partial charge in [-0.05, 0) is 18.9 Å². The van der Waals surface area contributed by atoms with Crippen LogP contribution in [0.25, 0.3) is 0 Å². The van der Waals surface area contributed by atoms with Crippen LogP contribution in [0.2, 0.25) is 0 Å². The standard InChI is InChI=1S/C8H15ClN4/c1-2-3-4-5-7-6-8(9)12-13(10)11-7/h6,11H,2-5,10H2,1H3. The Hall–Kier alpha value is -0.740. The molecule has 1 rings (SSSR count). The molecule has 0 aromatic rings. The van der Waals surface area contributed by atoms with E-state index in [9.17, 15) is 0 Å². The van der Waals surface area contributed by atoms with Gasteiger partial charge in [0.1, 0.15) is 0 Å². The summed E-state index contributed by atoms with van der Waals surface area (Å²) in [6.07, 6.45) is 6.35. The van der Waals surface area contributed by atoms with Crippen molar-refractivity contribution in [3.8, 4) is 0 Å². The minimum absolute atomic E-state index is 0.424. The minimum Gasteiger partial charge on any atom is -0.272 e. The average Bonchev–Trinajstić information content (AvgIpc) is 2.03. The fraction of sp³-hybridized carbons (Fsp3) is 0.625. The Morgan fingerprint density at radius 1 is 1.62 bits per heavy atom. The number of hydrazone groups is 1. The summed E-state index contributed by atoms with van der Waals surface area (Å²) in [7, 11) is 0. The maximum atomic E-state index is 5.73. The fourth-order valence-corrected chi connectivity index (χ4v) is 1.39. The number of nitrogens with two attached hydrogens (primary N) is 1. The minimum atomic E-state index is 0.424. The molecule has 0 bridgehead atoms. The summed E-state index contributed by atoms with van der Waals surface area (Å²) in [6, 6.07) is 0. The van der Waals surface area contributed by atoms with Crippen LogP contribution >= 0.6 is 11.6 Å². The number of nitrogens with zero attached hydrogens (tertiary/aromatic N) is 2. The predicted octanol–water partition coefficient (Wildman–Crippen LogP) is 1.70. The van der Waals surface area contributed by atoms with Gasteiger partial charge in [-0.2, -0.15) is 0 Å². The van der Waals surface area contributed by atoms with Crippen molar-refractivity contribution < 1.29 is 0 Å². The second kappa shape index (κ2) is 5.09. The Bertz CT molecular complexity index is 224. The number of allylic oxidation sites excluding steroid dienone is 2. The summed E-state index contributed by atoms with van der Waals surface area (Å²) in [5.74, 6) is 5.43. The third-order valence-electron chi connectivity index (χ3n) is 1.80. The molecule has 1 heterocycles. The number of rotatable bonds is 4. The van der Waals surface area contributed by atoms with Crippen molar-refractivity contribution in [2.45, 2.75) is 32.6 Å². The van der Waals surface area contributed by atoms with E-state index in [-0.39, 0.29) is 0 Å². The highest BCUT2D eigenvalue weighted by molar-refractivity contribution is 6.68. The van der Waals surface area contributed by atoms with Crippen LogP contribution in [0.4, 0.5) is 0 Å². The average molecular weight is 203 g/mol. The Morgan fingerprint density at radius 2 is 2.38 bits per heavy atom. The zero-order valence-electron chi connectivity index (χ0n) is 7.76. The summed E-state index contributed by atoms with van der Waals surface area (Å²) in [6.45, 7) is 2.17. The van der Waals surface area contributed by atoms with E-state index in [2.05, 4.69) is 17.5 Å². The van der Waals surface area contributed by atoms with E-state index in [4.69, 9.17) is 17.4 Å². The first-order valence-corrected chi connectivity index (χ1v) is 4.86. The van der Waals surface area contributed by atoms with Crippen LogP contribution in [-0.2, 0) is 0 Å². The molecule has 5 heteroatoms. The van der Waals surface area contributed by atoms with Gasteiger partial charge in [-0.15, -0.1) is 10.3 Å². The van der Waals surface area contributed by atoms with E-state index in [1.54, 1.807) is 6.08 Å². The molecule has 0 fully saturated rings. The van der Waals surface area contributed by atoms with Gasteiger partial charge in [0.2, 0.25) is 0 Å². The van der Waals surface area contributed by atoms with Crippen molar-refractivity contribution in [2.75, 3.05) is 0 Å². The first kappa shape index (κ1) is 10.3. The first-order chi connectivity index (χ1) is 6.22. The lowest BCUT2D eigenvalue weighted by molar-refractivity contribution is 0.222. The number of halogens is 1. The molecule has 0 atom stereocenters. The SMILES string of the molecule is CCCCCC1=CC(Cl)=NN(N)N1. The highest BCUT2D eigenvalue weighted by Gasteiger charge is 2.07. The second-order valence-corrected chi connectivity index (χ2v) is 3.39. The van der Waals surface area contributed by atoms with E-state index in [0.717, 1.165) is 23.8 Å². The molecule has 1 aliphatic heterocycles. The van der Waals surface area contributed by atoms with Crippen LogP contribution < -0.4 is 11.3 Å². The fourth-order valence-electron chi connectivity index (χ4n) is 1.17. The van der Waals surface area contributed by atoms with Crippen molar-refractivity contribution in [2.24, 2.45) is 10.9 Å². The predicted molar refractivity (Wildman–Crippen MR) is 54.7 cm³/mol. The van der Waals surface area contributed by atoms with Crippen LogP contribution in [-0.4, -0.2) is 10.4 Å². The van der Waals surface area contributed by atoms with Gasteiger partial charge in [-0.25, -0.2) is 5.84 Å². The van der Waals surface area contributed by atoms with Crippen LogP contribution in [0.3, 0.4) is 0 Å². The Balaban J connectivity index is 2.37. The summed E-state index contributed by atoms with van der Waals surface area (Å²) in [4.78, 5) is 0. The van der Waals surface area contributed by atoms with E-state index in [0.29, 0.717) is 5.17 Å². The highest BCUT2D eigenvalue weighted by Crippen LogP contribution is 2.10. The van der Waals surface area contributed by atoms with Gasteiger partial charge < -0.3 is 0 Å². The molecule has 13 heavy (non-hydrogen) atoms. The molecule has 1 aliphatic rings. The van der Waals surface area contributed by atoms with E-state index in [1.165, 1.54) is 12.8 Å². The molecular formula is C8H15ClN4. The third-order valence-corrected chi connectivity index (χ3v) is 1.99. The molecule has 0 spiro atoms. The second-order valence-electron chi connectivity index (χ2n) is 3.01. The smallest absolute Gasteiger partial charge is 0.154 e. The summed E-state index contributed by atoms with van der Waals surface area (Å²) >= 11 is 5.73. The molecule has 0 amide bonds. The quantitative estimate of drug-likeness (QED) is 0.539. The molecule has 4 nitrogen and oxygen atoms in total. The monoisotopic (exact) mass is 202 g/mol. The van der Waals surface area contributed by atoms with Crippen molar-refractivity contribution in [3.63, 3.8) is 0 Å². The van der Waals surface area contributed by atoms with Crippen molar-refractivity contribution in [1.29, 1.82) is 0 Å². The molecule has 0 unspecified atom stereocenters. The van der Waals surface area contributed by atoms with Crippen molar-refractivity contribution >= 4 is 16.8 Å². The molecular weight excluding hydrogens is 188 g/mol. The highest BCUT2D eigenvalue weighted by atomic mass is 35.5. The molecule has 0 aromatic heterocycles. The van der Waals surface area contributed by atoms with Crippen molar-refractivity contribution in [3.05, 3.63) is 11.8 Å². The van der Waals surface area contributed by atoms with Gasteiger partial charge >= 0.3 is 0 Å². The van der Waals surface area contributed by atoms with E-state index in [1.807, 2.05) is 0 Å². The Labute approximate surface area is 83.4 Å². The lowest BCUT2D eigenvalue weighted by atomic mass is 10.1. The molecule has 74 valence electrons. The number of nitrogens with one attached hydrogen (secondary N) is 1. The summed E-state index contributed by atoms with van der Waals surface area (Å²) in [5.41, 5.74) is 3.93. The number of hydrogen-bond acceptors (Lipinski definition) is 4.